The van der Waals surface area contributed by atoms with E-state index in [0.29, 0.717) is 28.4 Å². The molecule has 1 N–H and O–H groups in total. The van der Waals surface area contributed by atoms with E-state index < -0.39 is 0 Å². The lowest BCUT2D eigenvalue weighted by atomic mass is 10.1. The molecular formula is C27H25N7O2. The zero-order chi connectivity index (χ0) is 25.1. The van der Waals surface area contributed by atoms with Crippen LogP contribution in [0.1, 0.15) is 5.56 Å². The van der Waals surface area contributed by atoms with Gasteiger partial charge in [0.1, 0.15) is 17.1 Å². The molecule has 180 valence electrons. The van der Waals surface area contributed by atoms with Gasteiger partial charge in [0.05, 0.1) is 18.1 Å². The monoisotopic (exact) mass is 479 g/mol. The number of pyridine rings is 2. The second kappa shape index (κ2) is 9.90. The molecule has 1 aromatic carbocycles. The van der Waals surface area contributed by atoms with Gasteiger partial charge in [0.15, 0.2) is 5.75 Å². The van der Waals surface area contributed by atoms with Crippen molar-refractivity contribution in [2.75, 3.05) is 43.4 Å². The van der Waals surface area contributed by atoms with Crippen molar-refractivity contribution in [1.29, 1.82) is 5.26 Å². The first-order valence-corrected chi connectivity index (χ1v) is 11.6. The number of amides is 1. The van der Waals surface area contributed by atoms with Gasteiger partial charge in [-0.1, -0.05) is 18.7 Å². The molecule has 1 aliphatic rings. The molecule has 0 radical (unpaired) electrons. The van der Waals surface area contributed by atoms with E-state index >= 15 is 0 Å². The Morgan fingerprint density at radius 2 is 1.89 bits per heavy atom. The molecule has 1 fully saturated rings. The van der Waals surface area contributed by atoms with E-state index in [1.807, 2.05) is 12.3 Å². The number of likely N-dealkylation sites (N-methyl/N-ethyl adjacent to an activating group) is 1. The van der Waals surface area contributed by atoms with Crippen LogP contribution >= 0.6 is 0 Å². The van der Waals surface area contributed by atoms with Gasteiger partial charge in [0.2, 0.25) is 11.8 Å². The maximum absolute atomic E-state index is 11.5. The number of nitriles is 1. The van der Waals surface area contributed by atoms with Gasteiger partial charge in [0, 0.05) is 49.7 Å². The molecule has 1 aliphatic heterocycles. The standard InChI is InChI=1S/C27H25N7O2/c1-3-25(35)31-22-6-9-26(29-17-22)36-24-14-20(18-34-27(24)21(15-28)16-30-34)19-4-7-23(8-5-19)33-12-10-32(2)11-13-33/h3-9,14,16-18H,1,10-13H2,2H3,(H,31,35). The number of aromatic nitrogens is 3. The maximum atomic E-state index is 11.5. The Morgan fingerprint density at radius 1 is 1.11 bits per heavy atom. The number of carbonyl (C=O) groups is 1. The number of fused-ring (bicyclic) bond motifs is 1. The van der Waals surface area contributed by atoms with Gasteiger partial charge in [-0.25, -0.2) is 9.50 Å². The van der Waals surface area contributed by atoms with E-state index in [4.69, 9.17) is 4.74 Å². The Kier molecular flexibility index (Phi) is 6.34. The average Bonchev–Trinajstić information content (AvgIpc) is 3.34. The van der Waals surface area contributed by atoms with Crippen molar-refractivity contribution < 1.29 is 9.53 Å². The van der Waals surface area contributed by atoms with Crippen LogP contribution in [0.2, 0.25) is 0 Å². The Bertz CT molecular complexity index is 1440. The quantitative estimate of drug-likeness (QED) is 0.418. The molecule has 0 aliphatic carbocycles. The highest BCUT2D eigenvalue weighted by atomic mass is 16.5. The average molecular weight is 480 g/mol. The second-order valence-electron chi connectivity index (χ2n) is 8.57. The Hall–Kier alpha value is -4.68. The van der Waals surface area contributed by atoms with Crippen molar-refractivity contribution in [2.45, 2.75) is 0 Å². The zero-order valence-electron chi connectivity index (χ0n) is 19.9. The van der Waals surface area contributed by atoms with E-state index in [1.165, 1.54) is 24.2 Å². The van der Waals surface area contributed by atoms with Crippen molar-refractivity contribution >= 4 is 22.8 Å². The molecule has 5 rings (SSSR count). The lowest BCUT2D eigenvalue weighted by molar-refractivity contribution is -0.111. The van der Waals surface area contributed by atoms with Crippen LogP contribution < -0.4 is 15.0 Å². The zero-order valence-corrected chi connectivity index (χ0v) is 19.9. The fraction of sp³-hybridized carbons (Fsp3) is 0.185. The maximum Gasteiger partial charge on any atom is 0.247 e. The Morgan fingerprint density at radius 3 is 2.56 bits per heavy atom. The van der Waals surface area contributed by atoms with Gasteiger partial charge < -0.3 is 19.9 Å². The third-order valence-electron chi connectivity index (χ3n) is 6.17. The molecule has 9 nitrogen and oxygen atoms in total. The summed E-state index contributed by atoms with van der Waals surface area (Å²) in [5.74, 6) is 0.456. The fourth-order valence-electron chi connectivity index (χ4n) is 4.15. The minimum absolute atomic E-state index is 0.321. The van der Waals surface area contributed by atoms with Crippen molar-refractivity contribution in [3.05, 3.63) is 79.3 Å². The molecule has 0 bridgehead atoms. The van der Waals surface area contributed by atoms with Gasteiger partial charge in [0.25, 0.3) is 0 Å². The summed E-state index contributed by atoms with van der Waals surface area (Å²) < 4.78 is 7.75. The summed E-state index contributed by atoms with van der Waals surface area (Å²) in [7, 11) is 2.15. The molecule has 0 saturated carbocycles. The molecule has 1 amide bonds. The third-order valence-corrected chi connectivity index (χ3v) is 6.17. The SMILES string of the molecule is C=CC(=O)Nc1ccc(Oc2cc(-c3ccc(N4CCN(C)CC4)cc3)cn3ncc(C#N)c23)nc1. The van der Waals surface area contributed by atoms with Crippen molar-refractivity contribution in [1.82, 2.24) is 19.5 Å². The topological polar surface area (TPSA) is 98.8 Å². The number of ether oxygens (including phenoxy) is 1. The number of rotatable bonds is 6. The fourth-order valence-corrected chi connectivity index (χ4v) is 4.15. The van der Waals surface area contributed by atoms with Crippen LogP contribution in [0, 0.1) is 11.3 Å². The number of piperazine rings is 1. The van der Waals surface area contributed by atoms with Crippen molar-refractivity contribution in [2.24, 2.45) is 0 Å². The predicted octanol–water partition coefficient (Wildman–Crippen LogP) is 3.94. The minimum atomic E-state index is -0.323. The number of benzene rings is 1. The van der Waals surface area contributed by atoms with Crippen LogP contribution in [0.15, 0.2) is 73.7 Å². The van der Waals surface area contributed by atoms with E-state index in [1.54, 1.807) is 16.6 Å². The Balaban J connectivity index is 1.45. The van der Waals surface area contributed by atoms with Crippen molar-refractivity contribution in [3.63, 3.8) is 0 Å². The summed E-state index contributed by atoms with van der Waals surface area (Å²) >= 11 is 0. The lowest BCUT2D eigenvalue weighted by Gasteiger charge is -2.34. The number of nitrogens with zero attached hydrogens (tertiary/aromatic N) is 6. The van der Waals surface area contributed by atoms with Crippen LogP contribution in [0.25, 0.3) is 16.6 Å². The first-order chi connectivity index (χ1) is 17.5. The van der Waals surface area contributed by atoms with Crippen LogP contribution in [0.3, 0.4) is 0 Å². The lowest BCUT2D eigenvalue weighted by Crippen LogP contribution is -2.44. The van der Waals surface area contributed by atoms with Crippen LogP contribution in [0.4, 0.5) is 11.4 Å². The third kappa shape index (κ3) is 4.76. The largest absolute Gasteiger partial charge is 0.437 e. The number of carbonyl (C=O) groups excluding carboxylic acids is 1. The van der Waals surface area contributed by atoms with E-state index in [-0.39, 0.29) is 5.91 Å². The first kappa shape index (κ1) is 23.1. The van der Waals surface area contributed by atoms with Gasteiger partial charge in [-0.15, -0.1) is 0 Å². The molecular weight excluding hydrogens is 454 g/mol. The number of nitrogens with one attached hydrogen (secondary N) is 1. The molecule has 36 heavy (non-hydrogen) atoms. The highest BCUT2D eigenvalue weighted by molar-refractivity contribution is 5.98. The minimum Gasteiger partial charge on any atom is -0.437 e. The molecule has 1 saturated heterocycles. The summed E-state index contributed by atoms with van der Waals surface area (Å²) in [6.07, 6.45) is 6.09. The number of anilines is 2. The van der Waals surface area contributed by atoms with Crippen molar-refractivity contribution in [3.8, 4) is 28.8 Å². The van der Waals surface area contributed by atoms with Gasteiger partial charge in [-0.05, 0) is 43.0 Å². The summed E-state index contributed by atoms with van der Waals surface area (Å²) in [5, 5.41) is 16.6. The second-order valence-corrected chi connectivity index (χ2v) is 8.57. The summed E-state index contributed by atoms with van der Waals surface area (Å²) in [6.45, 7) is 7.55. The van der Waals surface area contributed by atoms with Gasteiger partial charge in [-0.2, -0.15) is 10.4 Å². The van der Waals surface area contributed by atoms with E-state index in [2.05, 4.69) is 69.2 Å². The van der Waals surface area contributed by atoms with E-state index in [9.17, 15) is 10.1 Å². The molecule has 9 heteroatoms. The summed E-state index contributed by atoms with van der Waals surface area (Å²) in [6, 6.07) is 15.8. The Labute approximate surface area is 208 Å². The van der Waals surface area contributed by atoms with E-state index in [0.717, 1.165) is 37.3 Å². The normalized spacial score (nSPS) is 13.8. The molecule has 4 heterocycles. The summed E-state index contributed by atoms with van der Waals surface area (Å²) in [4.78, 5) is 20.5. The smallest absolute Gasteiger partial charge is 0.247 e. The van der Waals surface area contributed by atoms with Gasteiger partial charge in [-0.3, -0.25) is 4.79 Å². The number of hydrogen-bond acceptors (Lipinski definition) is 7. The first-order valence-electron chi connectivity index (χ1n) is 11.6. The number of hydrogen-bond donors (Lipinski definition) is 1. The van der Waals surface area contributed by atoms with Crippen LogP contribution in [0.5, 0.6) is 11.6 Å². The highest BCUT2D eigenvalue weighted by Gasteiger charge is 2.17. The van der Waals surface area contributed by atoms with Gasteiger partial charge >= 0.3 is 0 Å². The molecule has 0 atom stereocenters. The molecule has 0 unspecified atom stereocenters. The van der Waals surface area contributed by atoms with Crippen LogP contribution in [-0.2, 0) is 4.79 Å². The predicted molar refractivity (Wildman–Crippen MR) is 138 cm³/mol. The highest BCUT2D eigenvalue weighted by Crippen LogP contribution is 2.33. The molecule has 3 aromatic heterocycles. The van der Waals surface area contributed by atoms with Crippen LogP contribution in [-0.4, -0.2) is 58.6 Å². The summed E-state index contributed by atoms with van der Waals surface area (Å²) in [5.41, 5.74) is 4.57. The molecule has 0 spiro atoms. The molecule has 4 aromatic rings.